The van der Waals surface area contributed by atoms with E-state index in [0.717, 1.165) is 5.56 Å². The van der Waals surface area contributed by atoms with Crippen LogP contribution in [0.3, 0.4) is 0 Å². The number of nitrogens with zero attached hydrogens (tertiary/aromatic N) is 4. The van der Waals surface area contributed by atoms with Crippen molar-refractivity contribution in [1.29, 1.82) is 0 Å². The summed E-state index contributed by atoms with van der Waals surface area (Å²) in [5.74, 6) is 0.626. The van der Waals surface area contributed by atoms with Crippen molar-refractivity contribution in [2.75, 3.05) is 26.2 Å². The fourth-order valence-electron chi connectivity index (χ4n) is 3.11. The Morgan fingerprint density at radius 3 is 2.39 bits per heavy atom. The lowest BCUT2D eigenvalue weighted by atomic mass is 10.2. The van der Waals surface area contributed by atoms with Gasteiger partial charge in [-0.15, -0.1) is 0 Å². The quantitative estimate of drug-likeness (QED) is 0.671. The van der Waals surface area contributed by atoms with E-state index in [9.17, 15) is 9.18 Å². The second-order valence-corrected chi connectivity index (χ2v) is 7.03. The minimum atomic E-state index is -0.348. The van der Waals surface area contributed by atoms with Crippen molar-refractivity contribution in [2.24, 2.45) is 0 Å². The minimum Gasteiger partial charge on any atom is -0.338 e. The maximum Gasteiger partial charge on any atom is 0.253 e. The molecular formula is C20H18ClFN4O2. The molecule has 2 aromatic carbocycles. The molecule has 1 saturated heterocycles. The van der Waals surface area contributed by atoms with E-state index in [1.54, 1.807) is 17.0 Å². The lowest BCUT2D eigenvalue weighted by Crippen LogP contribution is -2.48. The number of carbonyl (C=O) groups excluding carboxylic acids is 1. The van der Waals surface area contributed by atoms with Crippen molar-refractivity contribution in [2.45, 2.75) is 6.54 Å². The van der Waals surface area contributed by atoms with E-state index in [1.165, 1.54) is 24.3 Å². The number of piperazine rings is 1. The number of rotatable bonds is 4. The van der Waals surface area contributed by atoms with Gasteiger partial charge in [-0.2, -0.15) is 4.98 Å². The summed E-state index contributed by atoms with van der Waals surface area (Å²) in [5.41, 5.74) is 1.34. The van der Waals surface area contributed by atoms with Crippen LogP contribution in [0.1, 0.15) is 16.2 Å². The predicted octanol–water partition coefficient (Wildman–Crippen LogP) is 3.49. The summed E-state index contributed by atoms with van der Waals surface area (Å²) < 4.78 is 18.4. The van der Waals surface area contributed by atoms with Crippen molar-refractivity contribution in [3.8, 4) is 11.4 Å². The highest BCUT2D eigenvalue weighted by Gasteiger charge is 2.23. The summed E-state index contributed by atoms with van der Waals surface area (Å²) in [6.07, 6.45) is 0. The zero-order valence-electron chi connectivity index (χ0n) is 15.0. The van der Waals surface area contributed by atoms with Crippen LogP contribution < -0.4 is 0 Å². The van der Waals surface area contributed by atoms with Gasteiger partial charge in [-0.05, 0) is 48.5 Å². The van der Waals surface area contributed by atoms with Gasteiger partial charge in [-0.25, -0.2) is 4.39 Å². The smallest absolute Gasteiger partial charge is 0.253 e. The molecule has 2 heterocycles. The van der Waals surface area contributed by atoms with E-state index in [2.05, 4.69) is 15.0 Å². The molecular weight excluding hydrogens is 383 g/mol. The number of hydrogen-bond acceptors (Lipinski definition) is 5. The third-order valence-corrected chi connectivity index (χ3v) is 4.93. The number of aromatic nitrogens is 2. The average Bonchev–Trinajstić information content (AvgIpc) is 3.18. The van der Waals surface area contributed by atoms with Crippen molar-refractivity contribution >= 4 is 17.5 Å². The normalized spacial score (nSPS) is 15.0. The maximum absolute atomic E-state index is 13.0. The molecule has 1 aliphatic heterocycles. The van der Waals surface area contributed by atoms with E-state index in [1.807, 2.05) is 12.1 Å². The van der Waals surface area contributed by atoms with Crippen molar-refractivity contribution in [3.63, 3.8) is 0 Å². The Morgan fingerprint density at radius 2 is 1.71 bits per heavy atom. The predicted molar refractivity (Wildman–Crippen MR) is 102 cm³/mol. The van der Waals surface area contributed by atoms with Gasteiger partial charge < -0.3 is 9.42 Å². The first-order chi connectivity index (χ1) is 13.6. The summed E-state index contributed by atoms with van der Waals surface area (Å²) >= 11 is 5.90. The molecule has 4 rings (SSSR count). The van der Waals surface area contributed by atoms with Gasteiger partial charge in [-0.1, -0.05) is 16.8 Å². The van der Waals surface area contributed by atoms with Gasteiger partial charge in [0.05, 0.1) is 6.54 Å². The SMILES string of the molecule is O=C(c1ccc(F)cc1)N1CCN(Cc2nc(-c3ccc(Cl)cc3)no2)CC1. The van der Waals surface area contributed by atoms with Gasteiger partial charge in [0.15, 0.2) is 0 Å². The molecule has 144 valence electrons. The average molecular weight is 401 g/mol. The Kier molecular flexibility index (Phi) is 5.36. The van der Waals surface area contributed by atoms with Crippen LogP contribution in [0.15, 0.2) is 53.1 Å². The van der Waals surface area contributed by atoms with Crippen LogP contribution >= 0.6 is 11.6 Å². The first-order valence-electron chi connectivity index (χ1n) is 8.94. The second-order valence-electron chi connectivity index (χ2n) is 6.59. The second kappa shape index (κ2) is 8.08. The van der Waals surface area contributed by atoms with Crippen molar-refractivity contribution in [3.05, 3.63) is 70.8 Å². The molecule has 0 N–H and O–H groups in total. The summed E-state index contributed by atoms with van der Waals surface area (Å²) in [5, 5.41) is 4.67. The van der Waals surface area contributed by atoms with Crippen molar-refractivity contribution in [1.82, 2.24) is 19.9 Å². The van der Waals surface area contributed by atoms with Crippen LogP contribution in [0.4, 0.5) is 4.39 Å². The Hall–Kier alpha value is -2.77. The Balaban J connectivity index is 1.33. The first-order valence-corrected chi connectivity index (χ1v) is 9.32. The van der Waals surface area contributed by atoms with Crippen molar-refractivity contribution < 1.29 is 13.7 Å². The van der Waals surface area contributed by atoms with E-state index >= 15 is 0 Å². The molecule has 1 aromatic heterocycles. The molecule has 0 radical (unpaired) electrons. The van der Waals surface area contributed by atoms with E-state index in [0.29, 0.717) is 55.0 Å². The molecule has 1 aliphatic rings. The summed E-state index contributed by atoms with van der Waals surface area (Å²) in [7, 11) is 0. The lowest BCUT2D eigenvalue weighted by molar-refractivity contribution is 0.0615. The van der Waals surface area contributed by atoms with Gasteiger partial charge in [0, 0.05) is 42.3 Å². The molecule has 8 heteroatoms. The molecule has 6 nitrogen and oxygen atoms in total. The number of hydrogen-bond donors (Lipinski definition) is 0. The van der Waals surface area contributed by atoms with Gasteiger partial charge in [-0.3, -0.25) is 9.69 Å². The molecule has 0 unspecified atom stereocenters. The fourth-order valence-corrected chi connectivity index (χ4v) is 3.24. The monoisotopic (exact) mass is 400 g/mol. The van der Waals surface area contributed by atoms with Gasteiger partial charge >= 0.3 is 0 Å². The number of carbonyl (C=O) groups is 1. The first kappa shape index (κ1) is 18.6. The minimum absolute atomic E-state index is 0.0811. The van der Waals surface area contributed by atoms with Gasteiger partial charge in [0.2, 0.25) is 11.7 Å². The lowest BCUT2D eigenvalue weighted by Gasteiger charge is -2.34. The molecule has 0 aliphatic carbocycles. The Bertz CT molecular complexity index is 951. The van der Waals surface area contributed by atoms with E-state index < -0.39 is 0 Å². The molecule has 1 fully saturated rings. The van der Waals surface area contributed by atoms with E-state index in [4.69, 9.17) is 16.1 Å². The third-order valence-electron chi connectivity index (χ3n) is 4.68. The summed E-state index contributed by atoms with van der Waals surface area (Å²) in [4.78, 5) is 20.9. The Morgan fingerprint density at radius 1 is 1.04 bits per heavy atom. The van der Waals surface area contributed by atoms with Gasteiger partial charge in [0.25, 0.3) is 5.91 Å². The molecule has 1 amide bonds. The largest absolute Gasteiger partial charge is 0.338 e. The van der Waals surface area contributed by atoms with Crippen LogP contribution in [-0.4, -0.2) is 52.0 Å². The highest BCUT2D eigenvalue weighted by molar-refractivity contribution is 6.30. The fraction of sp³-hybridized carbons (Fsp3) is 0.250. The van der Waals surface area contributed by atoms with Crippen LogP contribution in [0.5, 0.6) is 0 Å². The molecule has 0 atom stereocenters. The highest BCUT2D eigenvalue weighted by Crippen LogP contribution is 2.19. The zero-order chi connectivity index (χ0) is 19.5. The highest BCUT2D eigenvalue weighted by atomic mass is 35.5. The molecule has 28 heavy (non-hydrogen) atoms. The third kappa shape index (κ3) is 4.21. The Labute approximate surface area is 166 Å². The van der Waals surface area contributed by atoms with Crippen LogP contribution in [-0.2, 0) is 6.54 Å². The number of halogens is 2. The molecule has 0 bridgehead atoms. The van der Waals surface area contributed by atoms with Crippen LogP contribution in [0.2, 0.25) is 5.02 Å². The molecule has 0 spiro atoms. The van der Waals surface area contributed by atoms with Gasteiger partial charge in [0.1, 0.15) is 5.82 Å². The maximum atomic E-state index is 13.0. The molecule has 0 saturated carbocycles. The van der Waals surface area contributed by atoms with E-state index in [-0.39, 0.29) is 11.7 Å². The van der Waals surface area contributed by atoms with Crippen LogP contribution in [0.25, 0.3) is 11.4 Å². The zero-order valence-corrected chi connectivity index (χ0v) is 15.8. The standard InChI is InChI=1S/C20H18ClFN4O2/c21-16-5-1-14(2-6-16)19-23-18(28-24-19)13-25-9-11-26(12-10-25)20(27)15-3-7-17(22)8-4-15/h1-8H,9-13H2. The topological polar surface area (TPSA) is 62.5 Å². The molecule has 3 aromatic rings. The number of benzene rings is 2. The number of amides is 1. The van der Waals surface area contributed by atoms with Crippen LogP contribution in [0, 0.1) is 5.82 Å². The summed E-state index contributed by atoms with van der Waals surface area (Å²) in [6.45, 7) is 3.11. The summed E-state index contributed by atoms with van der Waals surface area (Å²) in [6, 6.07) is 12.9.